The molecule has 0 spiro atoms. The number of carbonyl (C=O) groups is 1. The fraction of sp³-hybridized carbons (Fsp3) is 0.316. The monoisotopic (exact) mass is 409 g/mol. The third kappa shape index (κ3) is 4.30. The van der Waals surface area contributed by atoms with Crippen molar-refractivity contribution in [2.24, 2.45) is 0 Å². The molecule has 28 heavy (non-hydrogen) atoms. The number of benzene rings is 2. The molecule has 0 radical (unpaired) electrons. The van der Waals surface area contributed by atoms with Gasteiger partial charge in [0.1, 0.15) is 5.75 Å². The average Bonchev–Trinajstić information content (AvgIpc) is 2.71. The average molecular weight is 409 g/mol. The molecule has 0 aromatic heterocycles. The van der Waals surface area contributed by atoms with Crippen molar-refractivity contribution in [3.05, 3.63) is 41.5 Å². The van der Waals surface area contributed by atoms with Crippen LogP contribution in [0.1, 0.15) is 22.8 Å². The summed E-state index contributed by atoms with van der Waals surface area (Å²) in [7, 11) is 1.55. The minimum absolute atomic E-state index is 0.00653. The number of methoxy groups -OCH3 is 4. The molecule has 0 saturated carbocycles. The lowest BCUT2D eigenvalue weighted by molar-refractivity contribution is 0.0601. The Morgan fingerprint density at radius 3 is 2.07 bits per heavy atom. The van der Waals surface area contributed by atoms with Crippen LogP contribution in [-0.4, -0.2) is 42.8 Å². The molecule has 0 amide bonds. The van der Waals surface area contributed by atoms with Crippen LogP contribution in [0.4, 0.5) is 5.69 Å². The highest BCUT2D eigenvalue weighted by Gasteiger charge is 2.23. The van der Waals surface area contributed by atoms with Gasteiger partial charge in [0.25, 0.3) is 10.0 Å². The van der Waals surface area contributed by atoms with Gasteiger partial charge in [0, 0.05) is 12.1 Å². The zero-order valence-corrected chi connectivity index (χ0v) is 17.2. The van der Waals surface area contributed by atoms with Gasteiger partial charge in [-0.1, -0.05) is 6.92 Å². The summed E-state index contributed by atoms with van der Waals surface area (Å²) < 4.78 is 48.6. The summed E-state index contributed by atoms with van der Waals surface area (Å²) in [6.45, 7) is 1.89. The third-order valence-corrected chi connectivity index (χ3v) is 5.48. The predicted molar refractivity (Wildman–Crippen MR) is 104 cm³/mol. The quantitative estimate of drug-likeness (QED) is 0.669. The number of sulfonamides is 1. The highest BCUT2D eigenvalue weighted by atomic mass is 32.2. The summed E-state index contributed by atoms with van der Waals surface area (Å²) in [6.07, 6.45) is 0.594. The maximum atomic E-state index is 12.9. The Labute approximate surface area is 164 Å². The molecule has 9 heteroatoms. The molecule has 2 rings (SSSR count). The van der Waals surface area contributed by atoms with Crippen molar-refractivity contribution >= 4 is 21.7 Å². The number of ether oxygens (including phenoxy) is 4. The molecule has 0 saturated heterocycles. The SMILES string of the molecule is CCc1cc(S(=O)(=O)Nc2cc(OC)c(OC)cc2C(=O)OC)ccc1OC. The van der Waals surface area contributed by atoms with E-state index in [0.717, 1.165) is 5.56 Å². The highest BCUT2D eigenvalue weighted by Crippen LogP contribution is 2.35. The van der Waals surface area contributed by atoms with Crippen LogP contribution in [-0.2, 0) is 21.2 Å². The molecular formula is C19H23NO7S. The third-order valence-electron chi connectivity index (χ3n) is 4.12. The Kier molecular flexibility index (Phi) is 6.74. The summed E-state index contributed by atoms with van der Waals surface area (Å²) >= 11 is 0. The van der Waals surface area contributed by atoms with Crippen molar-refractivity contribution in [1.29, 1.82) is 0 Å². The second kappa shape index (κ2) is 8.83. The number of carbonyl (C=O) groups excluding carboxylic acids is 1. The van der Waals surface area contributed by atoms with Gasteiger partial charge in [-0.2, -0.15) is 0 Å². The largest absolute Gasteiger partial charge is 0.496 e. The van der Waals surface area contributed by atoms with Gasteiger partial charge in [0.05, 0.1) is 44.6 Å². The molecular weight excluding hydrogens is 386 g/mol. The van der Waals surface area contributed by atoms with Crippen LogP contribution >= 0.6 is 0 Å². The zero-order valence-electron chi connectivity index (χ0n) is 16.4. The Hall–Kier alpha value is -2.94. The molecule has 0 aliphatic rings. The van der Waals surface area contributed by atoms with Gasteiger partial charge in [-0.3, -0.25) is 4.72 Å². The number of hydrogen-bond acceptors (Lipinski definition) is 7. The van der Waals surface area contributed by atoms with Crippen molar-refractivity contribution in [2.45, 2.75) is 18.2 Å². The van der Waals surface area contributed by atoms with Crippen molar-refractivity contribution < 1.29 is 32.2 Å². The number of nitrogens with one attached hydrogen (secondary N) is 1. The van der Waals surface area contributed by atoms with Gasteiger partial charge in [-0.15, -0.1) is 0 Å². The van der Waals surface area contributed by atoms with Gasteiger partial charge in [0.15, 0.2) is 11.5 Å². The summed E-state index contributed by atoms with van der Waals surface area (Å²) in [4.78, 5) is 12.2. The topological polar surface area (TPSA) is 100 Å². The van der Waals surface area contributed by atoms with E-state index in [2.05, 4.69) is 4.72 Å². The molecule has 1 N–H and O–H groups in total. The fourth-order valence-corrected chi connectivity index (χ4v) is 3.77. The Morgan fingerprint density at radius 2 is 1.54 bits per heavy atom. The molecule has 2 aromatic carbocycles. The minimum atomic E-state index is -3.99. The second-order valence-corrected chi connectivity index (χ2v) is 7.36. The molecule has 0 bridgehead atoms. The van der Waals surface area contributed by atoms with Crippen LogP contribution in [0.25, 0.3) is 0 Å². The minimum Gasteiger partial charge on any atom is -0.496 e. The van der Waals surface area contributed by atoms with Gasteiger partial charge in [0.2, 0.25) is 0 Å². The van der Waals surface area contributed by atoms with Crippen LogP contribution < -0.4 is 18.9 Å². The molecule has 2 aromatic rings. The van der Waals surface area contributed by atoms with Crippen LogP contribution in [0.3, 0.4) is 0 Å². The van der Waals surface area contributed by atoms with Gasteiger partial charge < -0.3 is 18.9 Å². The first-order chi connectivity index (χ1) is 13.3. The maximum absolute atomic E-state index is 12.9. The second-order valence-electron chi connectivity index (χ2n) is 5.68. The molecule has 0 heterocycles. The molecule has 152 valence electrons. The lowest BCUT2D eigenvalue weighted by Crippen LogP contribution is -2.17. The number of hydrogen-bond donors (Lipinski definition) is 1. The number of rotatable bonds is 8. The Balaban J connectivity index is 2.55. The van der Waals surface area contributed by atoms with E-state index >= 15 is 0 Å². The van der Waals surface area contributed by atoms with E-state index in [9.17, 15) is 13.2 Å². The molecule has 0 atom stereocenters. The van der Waals surface area contributed by atoms with Gasteiger partial charge >= 0.3 is 5.97 Å². The number of esters is 1. The summed E-state index contributed by atoms with van der Waals surface area (Å²) in [6, 6.07) is 7.27. The first kappa shape index (κ1) is 21.4. The van der Waals surface area contributed by atoms with E-state index in [1.165, 1.54) is 52.7 Å². The number of aryl methyl sites for hydroxylation is 1. The first-order valence-electron chi connectivity index (χ1n) is 8.35. The molecule has 0 unspecified atom stereocenters. The summed E-state index contributed by atoms with van der Waals surface area (Å²) in [5.74, 6) is 0.408. The van der Waals surface area contributed by atoms with E-state index in [1.54, 1.807) is 6.07 Å². The normalized spacial score (nSPS) is 10.9. The predicted octanol–water partition coefficient (Wildman–Crippen LogP) is 2.86. The summed E-state index contributed by atoms with van der Waals surface area (Å²) in [5, 5.41) is 0. The van der Waals surface area contributed by atoms with Gasteiger partial charge in [-0.05, 0) is 30.2 Å². The van der Waals surface area contributed by atoms with E-state index in [-0.39, 0.29) is 27.6 Å². The van der Waals surface area contributed by atoms with Crippen LogP contribution in [0.15, 0.2) is 35.2 Å². The van der Waals surface area contributed by atoms with Crippen molar-refractivity contribution in [3.8, 4) is 17.2 Å². The molecule has 0 aliphatic carbocycles. The van der Waals surface area contributed by atoms with Crippen molar-refractivity contribution in [2.75, 3.05) is 33.2 Å². The van der Waals surface area contributed by atoms with E-state index in [4.69, 9.17) is 18.9 Å². The van der Waals surface area contributed by atoms with Crippen molar-refractivity contribution in [3.63, 3.8) is 0 Å². The van der Waals surface area contributed by atoms with E-state index < -0.39 is 16.0 Å². The Morgan fingerprint density at radius 1 is 0.929 bits per heavy atom. The lowest BCUT2D eigenvalue weighted by atomic mass is 10.1. The van der Waals surface area contributed by atoms with E-state index in [0.29, 0.717) is 12.2 Å². The maximum Gasteiger partial charge on any atom is 0.340 e. The molecule has 0 aliphatic heterocycles. The standard InChI is InChI=1S/C19H23NO7S/c1-6-12-9-13(7-8-16(12)24-2)28(22,23)20-15-11-18(26-4)17(25-3)10-14(15)19(21)27-5/h7-11,20H,6H2,1-5H3. The Bertz CT molecular complexity index is 970. The van der Waals surface area contributed by atoms with E-state index in [1.807, 2.05) is 6.92 Å². The smallest absolute Gasteiger partial charge is 0.340 e. The van der Waals surface area contributed by atoms with Crippen LogP contribution in [0, 0.1) is 0 Å². The van der Waals surface area contributed by atoms with Gasteiger partial charge in [-0.25, -0.2) is 13.2 Å². The first-order valence-corrected chi connectivity index (χ1v) is 9.83. The molecule has 8 nitrogen and oxygen atoms in total. The van der Waals surface area contributed by atoms with Crippen molar-refractivity contribution in [1.82, 2.24) is 0 Å². The molecule has 0 fully saturated rings. The zero-order chi connectivity index (χ0) is 20.9. The fourth-order valence-electron chi connectivity index (χ4n) is 2.64. The highest BCUT2D eigenvalue weighted by molar-refractivity contribution is 7.92. The lowest BCUT2D eigenvalue weighted by Gasteiger charge is -2.16. The number of anilines is 1. The van der Waals surface area contributed by atoms with Crippen LogP contribution in [0.2, 0.25) is 0 Å². The summed E-state index contributed by atoms with van der Waals surface area (Å²) in [5.41, 5.74) is 0.747. The van der Waals surface area contributed by atoms with Crippen LogP contribution in [0.5, 0.6) is 17.2 Å².